The molecule has 4 rings (SSSR count). The maximum Gasteiger partial charge on any atom is 0.117 e. The molecule has 4 aromatic carbocycles. The summed E-state index contributed by atoms with van der Waals surface area (Å²) < 4.78 is 13.4. The highest BCUT2D eigenvalue weighted by molar-refractivity contribution is 6.76. The molecular weight excluding hydrogens is 589 g/mol. The lowest BCUT2D eigenvalue weighted by molar-refractivity contribution is 0.311. The third-order valence-electron chi connectivity index (χ3n) is 8.68. The minimum absolute atomic E-state index is 0.123. The summed E-state index contributed by atoms with van der Waals surface area (Å²) in [6.45, 7) is 25.6. The van der Waals surface area contributed by atoms with Crippen LogP contribution in [0.5, 0.6) is 11.5 Å². The fourth-order valence-electron chi connectivity index (χ4n) is 5.75. The predicted octanol–water partition coefficient (Wildman–Crippen LogP) is 5.95. The molecule has 0 radical (unpaired) electrons. The SMILES string of the molecule is C[SiH](C)c1cc(C(C)(C)c2cc([SiH](C)C)c(OCc3ccccc3)c([SiH](C)C)c2)cc([SiH](C)C)c1OCc1ccccc1. The summed E-state index contributed by atoms with van der Waals surface area (Å²) in [6, 6.07) is 31.2. The Morgan fingerprint density at radius 2 is 0.744 bits per heavy atom. The highest BCUT2D eigenvalue weighted by atomic mass is 28.3. The Hall–Kier alpha value is -2.65. The Balaban J connectivity index is 1.80. The molecule has 0 fully saturated rings. The van der Waals surface area contributed by atoms with Crippen molar-refractivity contribution >= 4 is 55.9 Å². The molecule has 0 amide bonds. The molecule has 43 heavy (non-hydrogen) atoms. The molecule has 0 N–H and O–H groups in total. The Kier molecular flexibility index (Phi) is 11.1. The molecule has 0 bridgehead atoms. The van der Waals surface area contributed by atoms with E-state index in [-0.39, 0.29) is 5.41 Å². The summed E-state index contributed by atoms with van der Waals surface area (Å²) in [7, 11) is -4.66. The second-order valence-corrected chi connectivity index (χ2v) is 25.5. The van der Waals surface area contributed by atoms with Crippen molar-refractivity contribution in [2.45, 2.75) is 84.9 Å². The van der Waals surface area contributed by atoms with Gasteiger partial charge in [-0.2, -0.15) is 0 Å². The standard InChI is InChI=1S/C37H52O2Si4/c1-37(2,29-21-31(40(3)4)35(32(22-29)41(5)6)38-25-27-17-13-11-14-18-27)30-23-33(42(7)8)36(34(24-30)43(9)10)39-26-28-19-15-12-16-20-28/h11-24,40-43H,25-26H2,1-10H3. The van der Waals surface area contributed by atoms with E-state index in [0.717, 1.165) is 0 Å². The Morgan fingerprint density at radius 3 is 1.00 bits per heavy atom. The zero-order valence-corrected chi connectivity index (χ0v) is 32.7. The van der Waals surface area contributed by atoms with E-state index < -0.39 is 35.2 Å². The predicted molar refractivity (Wildman–Crippen MR) is 201 cm³/mol. The fraction of sp³-hybridized carbons (Fsp3) is 0.351. The highest BCUT2D eigenvalue weighted by Gasteiger charge is 2.30. The maximum atomic E-state index is 6.69. The van der Waals surface area contributed by atoms with Gasteiger partial charge in [0, 0.05) is 5.41 Å². The summed E-state index contributed by atoms with van der Waals surface area (Å²) in [4.78, 5) is 0. The van der Waals surface area contributed by atoms with Crippen LogP contribution in [0.1, 0.15) is 36.1 Å². The molecule has 0 saturated carbocycles. The smallest absolute Gasteiger partial charge is 0.117 e. The van der Waals surface area contributed by atoms with Crippen molar-refractivity contribution in [1.29, 1.82) is 0 Å². The Labute approximate surface area is 267 Å². The van der Waals surface area contributed by atoms with Crippen LogP contribution in [0.3, 0.4) is 0 Å². The monoisotopic (exact) mass is 640 g/mol. The van der Waals surface area contributed by atoms with Crippen LogP contribution in [0.25, 0.3) is 0 Å². The largest absolute Gasteiger partial charge is 0.489 e. The van der Waals surface area contributed by atoms with Gasteiger partial charge in [0.2, 0.25) is 0 Å². The second-order valence-electron chi connectivity index (χ2n) is 13.8. The van der Waals surface area contributed by atoms with Gasteiger partial charge >= 0.3 is 0 Å². The molecule has 6 heteroatoms. The molecule has 0 aromatic heterocycles. The minimum atomic E-state index is -1.17. The number of benzene rings is 4. The van der Waals surface area contributed by atoms with Crippen molar-refractivity contribution < 1.29 is 9.47 Å². The van der Waals surface area contributed by atoms with Crippen LogP contribution in [0.4, 0.5) is 0 Å². The molecule has 0 aliphatic carbocycles. The van der Waals surface area contributed by atoms with E-state index in [1.807, 2.05) is 0 Å². The number of hydrogen-bond acceptors (Lipinski definition) is 2. The molecule has 0 spiro atoms. The number of hydrogen-bond donors (Lipinski definition) is 0. The van der Waals surface area contributed by atoms with Crippen LogP contribution in [0.15, 0.2) is 84.9 Å². The zero-order chi connectivity index (χ0) is 31.3. The number of ether oxygens (including phenoxy) is 2. The van der Waals surface area contributed by atoms with Gasteiger partial charge < -0.3 is 9.47 Å². The van der Waals surface area contributed by atoms with E-state index in [0.29, 0.717) is 13.2 Å². The van der Waals surface area contributed by atoms with Crippen molar-refractivity contribution in [3.05, 3.63) is 107 Å². The normalized spacial score (nSPS) is 12.0. The number of rotatable bonds is 12. The summed E-state index contributed by atoms with van der Waals surface area (Å²) in [5, 5.41) is 5.88. The van der Waals surface area contributed by atoms with Gasteiger partial charge in [0.05, 0.1) is 35.2 Å². The molecule has 0 heterocycles. The van der Waals surface area contributed by atoms with Crippen molar-refractivity contribution in [3.8, 4) is 11.5 Å². The van der Waals surface area contributed by atoms with Crippen molar-refractivity contribution in [1.82, 2.24) is 0 Å². The molecule has 0 saturated heterocycles. The summed E-state index contributed by atoms with van der Waals surface area (Å²) in [5.41, 5.74) is 5.19. The van der Waals surface area contributed by atoms with Crippen LogP contribution in [-0.4, -0.2) is 35.2 Å². The Bertz CT molecular complexity index is 1330. The fourth-order valence-corrected chi connectivity index (χ4v) is 11.2. The lowest BCUT2D eigenvalue weighted by Gasteiger charge is -2.32. The molecular formula is C37H52O2Si4. The first-order chi connectivity index (χ1) is 20.4. The van der Waals surface area contributed by atoms with Gasteiger partial charge in [-0.05, 0) is 43.0 Å². The van der Waals surface area contributed by atoms with Crippen LogP contribution in [-0.2, 0) is 18.6 Å². The van der Waals surface area contributed by atoms with E-state index in [4.69, 9.17) is 9.47 Å². The molecule has 0 aliphatic heterocycles. The lowest BCUT2D eigenvalue weighted by atomic mass is 9.78. The highest BCUT2D eigenvalue weighted by Crippen LogP contribution is 2.33. The van der Waals surface area contributed by atoms with Gasteiger partial charge in [0.1, 0.15) is 24.7 Å². The molecule has 0 aliphatic rings. The topological polar surface area (TPSA) is 18.5 Å². The zero-order valence-electron chi connectivity index (χ0n) is 28.1. The molecule has 2 nitrogen and oxygen atoms in total. The van der Waals surface area contributed by atoms with E-state index in [1.54, 1.807) is 0 Å². The van der Waals surface area contributed by atoms with Gasteiger partial charge in [-0.25, -0.2) is 0 Å². The summed E-state index contributed by atoms with van der Waals surface area (Å²) in [5.74, 6) is 2.36. The molecule has 0 unspecified atom stereocenters. The quantitative estimate of drug-likeness (QED) is 0.178. The van der Waals surface area contributed by atoms with Crippen LogP contribution in [0, 0.1) is 0 Å². The van der Waals surface area contributed by atoms with Crippen LogP contribution >= 0.6 is 0 Å². The van der Waals surface area contributed by atoms with E-state index in [2.05, 4.69) is 151 Å². The van der Waals surface area contributed by atoms with E-state index in [1.165, 1.54) is 54.5 Å². The summed E-state index contributed by atoms with van der Waals surface area (Å²) in [6.07, 6.45) is 0. The first-order valence-electron chi connectivity index (χ1n) is 16.1. The van der Waals surface area contributed by atoms with Crippen LogP contribution < -0.4 is 30.2 Å². The van der Waals surface area contributed by atoms with Crippen molar-refractivity contribution in [2.24, 2.45) is 0 Å². The van der Waals surface area contributed by atoms with Gasteiger partial charge in [-0.15, -0.1) is 0 Å². The minimum Gasteiger partial charge on any atom is -0.489 e. The third-order valence-corrected chi connectivity index (χ3v) is 15.4. The Morgan fingerprint density at radius 1 is 0.465 bits per heavy atom. The van der Waals surface area contributed by atoms with Crippen molar-refractivity contribution in [2.75, 3.05) is 0 Å². The first kappa shape index (κ1) is 33.2. The molecule has 0 atom stereocenters. The van der Waals surface area contributed by atoms with Gasteiger partial charge in [0.25, 0.3) is 0 Å². The van der Waals surface area contributed by atoms with Gasteiger partial charge in [0.15, 0.2) is 0 Å². The maximum absolute atomic E-state index is 6.69. The van der Waals surface area contributed by atoms with Gasteiger partial charge in [-0.3, -0.25) is 0 Å². The van der Waals surface area contributed by atoms with E-state index >= 15 is 0 Å². The lowest BCUT2D eigenvalue weighted by Crippen LogP contribution is -2.40. The molecule has 4 aromatic rings. The average Bonchev–Trinajstić information content (AvgIpc) is 2.98. The van der Waals surface area contributed by atoms with E-state index in [9.17, 15) is 0 Å². The van der Waals surface area contributed by atoms with Gasteiger partial charge in [-0.1, -0.05) is 151 Å². The average molecular weight is 641 g/mol. The summed E-state index contributed by atoms with van der Waals surface area (Å²) >= 11 is 0. The first-order valence-corrected chi connectivity index (χ1v) is 27.6. The van der Waals surface area contributed by atoms with Crippen molar-refractivity contribution in [3.63, 3.8) is 0 Å². The third kappa shape index (κ3) is 7.90. The second kappa shape index (κ2) is 14.4. The molecule has 228 valence electrons. The van der Waals surface area contributed by atoms with Crippen LogP contribution in [0.2, 0.25) is 52.4 Å².